The lowest BCUT2D eigenvalue weighted by molar-refractivity contribution is 0.494. The Morgan fingerprint density at radius 1 is 1.00 bits per heavy atom. The van der Waals surface area contributed by atoms with Gasteiger partial charge in [-0.1, -0.05) is 43.2 Å². The molecule has 24 heavy (non-hydrogen) atoms. The highest BCUT2D eigenvalue weighted by Crippen LogP contribution is 2.45. The molecule has 0 heterocycles. The van der Waals surface area contributed by atoms with Gasteiger partial charge in [0.15, 0.2) is 9.84 Å². The molecule has 0 spiro atoms. The summed E-state index contributed by atoms with van der Waals surface area (Å²) < 4.78 is 39.8. The number of halogens is 1. The molecule has 0 saturated heterocycles. The zero-order valence-corrected chi connectivity index (χ0v) is 14.9. The molecule has 128 valence electrons. The topological polar surface area (TPSA) is 34.1 Å². The van der Waals surface area contributed by atoms with Gasteiger partial charge in [0, 0.05) is 5.92 Å². The lowest BCUT2D eigenvalue weighted by Gasteiger charge is -2.25. The van der Waals surface area contributed by atoms with Gasteiger partial charge in [0.1, 0.15) is 5.82 Å². The maximum absolute atomic E-state index is 13.3. The fourth-order valence-corrected chi connectivity index (χ4v) is 6.30. The predicted molar refractivity (Wildman–Crippen MR) is 94.3 cm³/mol. The van der Waals surface area contributed by atoms with Crippen molar-refractivity contribution in [2.75, 3.05) is 0 Å². The molecule has 1 aliphatic rings. The largest absolute Gasteiger partial charge is 0.223 e. The first-order chi connectivity index (χ1) is 11.4. The molecular formula is C20H23FO2S. The van der Waals surface area contributed by atoms with Gasteiger partial charge in [0.05, 0.1) is 10.1 Å². The van der Waals surface area contributed by atoms with Crippen molar-refractivity contribution < 1.29 is 12.8 Å². The number of rotatable bonds is 4. The summed E-state index contributed by atoms with van der Waals surface area (Å²) in [6.45, 7) is 4.00. The third-order valence-electron chi connectivity index (χ3n) is 5.24. The molecule has 4 heteroatoms. The summed E-state index contributed by atoms with van der Waals surface area (Å²) in [7, 11) is -3.42. The van der Waals surface area contributed by atoms with Crippen LogP contribution >= 0.6 is 0 Å². The van der Waals surface area contributed by atoms with Crippen molar-refractivity contribution in [2.45, 2.75) is 49.2 Å². The lowest BCUT2D eigenvalue weighted by atomic mass is 9.95. The molecule has 0 aromatic heterocycles. The highest BCUT2D eigenvalue weighted by molar-refractivity contribution is 7.92. The minimum atomic E-state index is -3.42. The number of aryl methyl sites for hydroxylation is 1. The average molecular weight is 346 g/mol. The van der Waals surface area contributed by atoms with Crippen molar-refractivity contribution in [1.82, 2.24) is 0 Å². The van der Waals surface area contributed by atoms with Crippen LogP contribution in [0.4, 0.5) is 4.39 Å². The Balaban J connectivity index is 2.02. The van der Waals surface area contributed by atoms with Gasteiger partial charge in [0.2, 0.25) is 0 Å². The Bertz CT molecular complexity index is 795. The molecule has 1 fully saturated rings. The molecule has 0 N–H and O–H groups in total. The van der Waals surface area contributed by atoms with Crippen LogP contribution in [0.2, 0.25) is 0 Å². The molecule has 1 aliphatic carbocycles. The molecule has 2 aromatic rings. The van der Waals surface area contributed by atoms with Gasteiger partial charge in [-0.3, -0.25) is 0 Å². The van der Waals surface area contributed by atoms with Gasteiger partial charge in [-0.05, 0) is 55.5 Å². The number of sulfone groups is 1. The van der Waals surface area contributed by atoms with Gasteiger partial charge in [0.25, 0.3) is 0 Å². The van der Waals surface area contributed by atoms with Crippen molar-refractivity contribution >= 4 is 9.84 Å². The molecule has 0 radical (unpaired) electrons. The normalized spacial score (nSPS) is 24.2. The van der Waals surface area contributed by atoms with Gasteiger partial charge in [-0.15, -0.1) is 0 Å². The van der Waals surface area contributed by atoms with Crippen LogP contribution in [0.1, 0.15) is 43.2 Å². The van der Waals surface area contributed by atoms with E-state index in [1.54, 1.807) is 24.3 Å². The van der Waals surface area contributed by atoms with Crippen molar-refractivity contribution in [2.24, 2.45) is 5.92 Å². The van der Waals surface area contributed by atoms with Crippen molar-refractivity contribution in [3.63, 3.8) is 0 Å². The minimum absolute atomic E-state index is 0.0677. The van der Waals surface area contributed by atoms with Crippen LogP contribution in [0.3, 0.4) is 0 Å². The zero-order valence-electron chi connectivity index (χ0n) is 14.1. The van der Waals surface area contributed by atoms with E-state index in [9.17, 15) is 12.8 Å². The van der Waals surface area contributed by atoms with E-state index >= 15 is 0 Å². The first-order valence-electron chi connectivity index (χ1n) is 8.49. The summed E-state index contributed by atoms with van der Waals surface area (Å²) in [5, 5.41) is -0.435. The van der Waals surface area contributed by atoms with Crippen LogP contribution in [-0.4, -0.2) is 13.7 Å². The highest BCUT2D eigenvalue weighted by atomic mass is 32.2. The van der Waals surface area contributed by atoms with Crippen LogP contribution in [0.25, 0.3) is 0 Å². The molecule has 3 atom stereocenters. The van der Waals surface area contributed by atoms with E-state index < -0.39 is 15.1 Å². The van der Waals surface area contributed by atoms with Gasteiger partial charge in [-0.2, -0.15) is 0 Å². The maximum Gasteiger partial charge on any atom is 0.182 e. The second-order valence-electron chi connectivity index (χ2n) is 6.73. The number of benzene rings is 2. The highest BCUT2D eigenvalue weighted by Gasteiger charge is 2.44. The Hall–Kier alpha value is -1.68. The predicted octanol–water partition coefficient (Wildman–Crippen LogP) is 4.88. The van der Waals surface area contributed by atoms with E-state index in [1.165, 1.54) is 12.1 Å². The smallest absolute Gasteiger partial charge is 0.182 e. The molecule has 0 aliphatic heterocycles. The Labute approximate surface area is 143 Å². The third kappa shape index (κ3) is 3.12. The molecule has 2 aromatic carbocycles. The van der Waals surface area contributed by atoms with E-state index in [-0.39, 0.29) is 17.7 Å². The maximum atomic E-state index is 13.3. The quantitative estimate of drug-likeness (QED) is 0.790. The van der Waals surface area contributed by atoms with Crippen molar-refractivity contribution in [3.8, 4) is 0 Å². The van der Waals surface area contributed by atoms with E-state index in [4.69, 9.17) is 0 Å². The van der Waals surface area contributed by atoms with E-state index in [0.717, 1.165) is 30.4 Å². The van der Waals surface area contributed by atoms with E-state index in [1.807, 2.05) is 19.1 Å². The number of hydrogen-bond donors (Lipinski definition) is 0. The molecule has 2 nitrogen and oxygen atoms in total. The molecule has 3 rings (SSSR count). The van der Waals surface area contributed by atoms with Crippen molar-refractivity contribution in [3.05, 3.63) is 65.5 Å². The Morgan fingerprint density at radius 3 is 2.21 bits per heavy atom. The van der Waals surface area contributed by atoms with Crippen molar-refractivity contribution in [1.29, 1.82) is 0 Å². The standard InChI is InChI=1S/C20H23FO2S/c1-3-15-8-13-19(16-6-9-17(21)10-7-16)20(15)24(22,23)18-11-4-14(2)5-12-18/h4-7,9-12,15,19-20H,3,8,13H2,1-2H3/t15?,19-,20?/m0/s1. The summed E-state index contributed by atoms with van der Waals surface area (Å²) in [6.07, 6.45) is 2.57. The summed E-state index contributed by atoms with van der Waals surface area (Å²) >= 11 is 0. The SMILES string of the molecule is CCC1CC[C@@H](c2ccc(F)cc2)C1S(=O)(=O)c1ccc(C)cc1. The molecule has 2 unspecified atom stereocenters. The monoisotopic (exact) mass is 346 g/mol. The average Bonchev–Trinajstić information content (AvgIpc) is 3.01. The summed E-state index contributed by atoms with van der Waals surface area (Å²) in [5.41, 5.74) is 1.97. The summed E-state index contributed by atoms with van der Waals surface area (Å²) in [6, 6.07) is 13.4. The molecular weight excluding hydrogens is 323 g/mol. The number of hydrogen-bond acceptors (Lipinski definition) is 2. The molecule has 1 saturated carbocycles. The fraction of sp³-hybridized carbons (Fsp3) is 0.400. The Kier molecular flexibility index (Phi) is 4.77. The minimum Gasteiger partial charge on any atom is -0.223 e. The second kappa shape index (κ2) is 6.67. The van der Waals surface area contributed by atoms with Crippen LogP contribution in [-0.2, 0) is 9.84 Å². The fourth-order valence-electron chi connectivity index (χ4n) is 3.91. The van der Waals surface area contributed by atoms with E-state index in [0.29, 0.717) is 4.90 Å². The molecule has 0 amide bonds. The van der Waals surface area contributed by atoms with Gasteiger partial charge >= 0.3 is 0 Å². The summed E-state index contributed by atoms with van der Waals surface area (Å²) in [5.74, 6) is -0.213. The second-order valence-corrected chi connectivity index (χ2v) is 8.83. The summed E-state index contributed by atoms with van der Waals surface area (Å²) in [4.78, 5) is 0.394. The van der Waals surface area contributed by atoms with Crippen LogP contribution in [0.15, 0.2) is 53.4 Å². The van der Waals surface area contributed by atoms with Crippen LogP contribution in [0.5, 0.6) is 0 Å². The molecule has 0 bridgehead atoms. The first kappa shape index (κ1) is 17.2. The lowest BCUT2D eigenvalue weighted by Crippen LogP contribution is -2.30. The Morgan fingerprint density at radius 2 is 1.62 bits per heavy atom. The van der Waals surface area contributed by atoms with Gasteiger partial charge in [-0.25, -0.2) is 12.8 Å². The third-order valence-corrected chi connectivity index (χ3v) is 7.60. The zero-order chi connectivity index (χ0) is 17.3. The van der Waals surface area contributed by atoms with Crippen LogP contribution in [0, 0.1) is 18.7 Å². The van der Waals surface area contributed by atoms with Gasteiger partial charge < -0.3 is 0 Å². The van der Waals surface area contributed by atoms with E-state index in [2.05, 4.69) is 6.92 Å². The first-order valence-corrected chi connectivity index (χ1v) is 10.0. The van der Waals surface area contributed by atoms with Crippen LogP contribution < -0.4 is 0 Å².